The van der Waals surface area contributed by atoms with Crippen LogP contribution in [0.1, 0.15) is 44.7 Å². The van der Waals surface area contributed by atoms with Crippen LogP contribution in [-0.4, -0.2) is 11.0 Å². The molecule has 3 heteroatoms. The normalized spacial score (nSPS) is 26.7. The van der Waals surface area contributed by atoms with Gasteiger partial charge < -0.3 is 9.73 Å². The monoisotopic (exact) mass is 208 g/mol. The molecule has 0 atom stereocenters. The van der Waals surface area contributed by atoms with Gasteiger partial charge in [-0.05, 0) is 31.6 Å². The van der Waals surface area contributed by atoms with Gasteiger partial charge in [0.05, 0.1) is 5.69 Å². The lowest BCUT2D eigenvalue weighted by molar-refractivity contribution is 0.284. The molecular weight excluding hydrogens is 188 g/mol. The maximum Gasteiger partial charge on any atom is 0.180 e. The van der Waals surface area contributed by atoms with E-state index in [1.54, 1.807) is 6.26 Å². The summed E-state index contributed by atoms with van der Waals surface area (Å²) in [7, 11) is 0. The molecule has 1 N–H and O–H groups in total. The van der Waals surface area contributed by atoms with Crippen LogP contribution in [-0.2, 0) is 6.54 Å². The Hall–Kier alpha value is -0.830. The molecule has 0 spiro atoms. The van der Waals surface area contributed by atoms with Crippen LogP contribution in [0, 0.1) is 5.92 Å². The first kappa shape index (κ1) is 10.7. The Balaban J connectivity index is 1.69. The van der Waals surface area contributed by atoms with Crippen LogP contribution < -0.4 is 5.32 Å². The maximum atomic E-state index is 4.94. The van der Waals surface area contributed by atoms with Crippen LogP contribution >= 0.6 is 0 Å². The number of rotatable bonds is 4. The van der Waals surface area contributed by atoms with Crippen molar-refractivity contribution in [3.05, 3.63) is 18.4 Å². The molecule has 84 valence electrons. The zero-order valence-corrected chi connectivity index (χ0v) is 9.41. The first-order valence-corrected chi connectivity index (χ1v) is 5.99. The quantitative estimate of drug-likeness (QED) is 0.826. The van der Waals surface area contributed by atoms with Gasteiger partial charge in [0.15, 0.2) is 6.39 Å². The molecule has 1 saturated carbocycles. The minimum Gasteiger partial charge on any atom is -0.451 e. The first-order valence-electron chi connectivity index (χ1n) is 5.99. The van der Waals surface area contributed by atoms with Gasteiger partial charge in [-0.15, -0.1) is 0 Å². The Morgan fingerprint density at radius 2 is 2.20 bits per heavy atom. The molecule has 1 heterocycles. The van der Waals surface area contributed by atoms with Crippen molar-refractivity contribution in [2.24, 2.45) is 5.92 Å². The molecule has 0 bridgehead atoms. The topological polar surface area (TPSA) is 38.1 Å². The summed E-state index contributed by atoms with van der Waals surface area (Å²) in [5.41, 5.74) is 1.01. The van der Waals surface area contributed by atoms with Crippen molar-refractivity contribution in [1.82, 2.24) is 10.3 Å². The minimum atomic E-state index is 0.685. The van der Waals surface area contributed by atoms with Gasteiger partial charge in [0.1, 0.15) is 6.26 Å². The predicted octanol–water partition coefficient (Wildman–Crippen LogP) is 2.73. The van der Waals surface area contributed by atoms with Crippen molar-refractivity contribution in [2.45, 2.75) is 51.6 Å². The highest BCUT2D eigenvalue weighted by Crippen LogP contribution is 2.26. The Morgan fingerprint density at radius 3 is 2.80 bits per heavy atom. The molecule has 1 aromatic rings. The molecule has 0 amide bonds. The van der Waals surface area contributed by atoms with E-state index in [9.17, 15) is 0 Å². The number of nitrogens with zero attached hydrogens (tertiary/aromatic N) is 1. The van der Waals surface area contributed by atoms with E-state index in [2.05, 4.69) is 17.2 Å². The van der Waals surface area contributed by atoms with Crippen molar-refractivity contribution in [2.75, 3.05) is 0 Å². The fraction of sp³-hybridized carbons (Fsp3) is 0.750. The first-order chi connectivity index (χ1) is 7.38. The smallest absolute Gasteiger partial charge is 0.180 e. The Labute approximate surface area is 91.3 Å². The van der Waals surface area contributed by atoms with E-state index in [1.807, 2.05) is 0 Å². The molecule has 1 fully saturated rings. The lowest BCUT2D eigenvalue weighted by atomic mass is 9.84. The van der Waals surface area contributed by atoms with E-state index in [-0.39, 0.29) is 0 Å². The minimum absolute atomic E-state index is 0.685. The Bertz CT molecular complexity index is 263. The highest BCUT2D eigenvalue weighted by atomic mass is 16.3. The average molecular weight is 208 g/mol. The van der Waals surface area contributed by atoms with E-state index >= 15 is 0 Å². The number of hydrogen-bond donors (Lipinski definition) is 1. The van der Waals surface area contributed by atoms with E-state index in [0.29, 0.717) is 6.04 Å². The largest absolute Gasteiger partial charge is 0.451 e. The zero-order chi connectivity index (χ0) is 10.5. The fourth-order valence-electron chi connectivity index (χ4n) is 2.35. The number of nitrogens with one attached hydrogen (secondary N) is 1. The third kappa shape index (κ3) is 3.06. The second kappa shape index (κ2) is 5.31. The lowest BCUT2D eigenvalue weighted by Gasteiger charge is -2.28. The summed E-state index contributed by atoms with van der Waals surface area (Å²) in [5.74, 6) is 0.968. The van der Waals surface area contributed by atoms with Gasteiger partial charge in [0.2, 0.25) is 0 Å². The summed E-state index contributed by atoms with van der Waals surface area (Å²) in [6.07, 6.45) is 9.94. The van der Waals surface area contributed by atoms with Crippen molar-refractivity contribution < 1.29 is 4.42 Å². The molecule has 1 aromatic heterocycles. The number of oxazole rings is 1. The maximum absolute atomic E-state index is 4.94. The SMILES string of the molecule is CCC1CCC(NCc2cocn2)CC1. The Kier molecular flexibility index (Phi) is 3.78. The van der Waals surface area contributed by atoms with Crippen LogP contribution in [0.4, 0.5) is 0 Å². The number of hydrogen-bond acceptors (Lipinski definition) is 3. The van der Waals surface area contributed by atoms with Gasteiger partial charge in [-0.3, -0.25) is 0 Å². The van der Waals surface area contributed by atoms with Gasteiger partial charge in [-0.25, -0.2) is 4.98 Å². The predicted molar refractivity (Wildman–Crippen MR) is 59.4 cm³/mol. The molecule has 3 nitrogen and oxygen atoms in total. The van der Waals surface area contributed by atoms with E-state index in [4.69, 9.17) is 4.42 Å². The van der Waals surface area contributed by atoms with Gasteiger partial charge in [0, 0.05) is 12.6 Å². The molecule has 1 aliphatic carbocycles. The third-order valence-electron chi connectivity index (χ3n) is 3.48. The van der Waals surface area contributed by atoms with Gasteiger partial charge in [-0.1, -0.05) is 13.3 Å². The molecule has 0 aliphatic heterocycles. The molecule has 1 aliphatic rings. The second-order valence-electron chi connectivity index (χ2n) is 4.49. The van der Waals surface area contributed by atoms with Crippen LogP contribution in [0.2, 0.25) is 0 Å². The highest BCUT2D eigenvalue weighted by molar-refractivity contribution is 4.91. The van der Waals surface area contributed by atoms with Crippen molar-refractivity contribution in [1.29, 1.82) is 0 Å². The summed E-state index contributed by atoms with van der Waals surface area (Å²) in [4.78, 5) is 4.10. The summed E-state index contributed by atoms with van der Waals surface area (Å²) in [6, 6.07) is 0.685. The van der Waals surface area contributed by atoms with Gasteiger partial charge in [0.25, 0.3) is 0 Å². The third-order valence-corrected chi connectivity index (χ3v) is 3.48. The standard InChI is InChI=1S/C12H20N2O/c1-2-10-3-5-11(6-4-10)13-7-12-8-15-9-14-12/h8-11,13H,2-7H2,1H3. The number of aromatic nitrogens is 1. The van der Waals surface area contributed by atoms with Crippen molar-refractivity contribution in [3.8, 4) is 0 Å². The molecule has 0 unspecified atom stereocenters. The summed E-state index contributed by atoms with van der Waals surface area (Å²) >= 11 is 0. The van der Waals surface area contributed by atoms with Crippen molar-refractivity contribution in [3.63, 3.8) is 0 Å². The fourth-order valence-corrected chi connectivity index (χ4v) is 2.35. The van der Waals surface area contributed by atoms with Crippen LogP contribution in [0.3, 0.4) is 0 Å². The lowest BCUT2D eigenvalue weighted by Crippen LogP contribution is -2.32. The van der Waals surface area contributed by atoms with E-state index in [1.165, 1.54) is 38.5 Å². The van der Waals surface area contributed by atoms with E-state index in [0.717, 1.165) is 18.2 Å². The molecule has 0 aromatic carbocycles. The summed E-state index contributed by atoms with van der Waals surface area (Å²) in [5, 5.41) is 3.55. The second-order valence-corrected chi connectivity index (χ2v) is 4.49. The molecule has 0 radical (unpaired) electrons. The molecule has 0 saturated heterocycles. The zero-order valence-electron chi connectivity index (χ0n) is 9.41. The van der Waals surface area contributed by atoms with Crippen LogP contribution in [0.5, 0.6) is 0 Å². The summed E-state index contributed by atoms with van der Waals surface area (Å²) < 4.78 is 4.94. The molecular formula is C12H20N2O. The average Bonchev–Trinajstić information content (AvgIpc) is 2.80. The Morgan fingerprint density at radius 1 is 1.40 bits per heavy atom. The van der Waals surface area contributed by atoms with Crippen LogP contribution in [0.25, 0.3) is 0 Å². The van der Waals surface area contributed by atoms with E-state index < -0.39 is 0 Å². The summed E-state index contributed by atoms with van der Waals surface area (Å²) in [6.45, 7) is 3.14. The van der Waals surface area contributed by atoms with Crippen LogP contribution in [0.15, 0.2) is 17.1 Å². The van der Waals surface area contributed by atoms with Crippen molar-refractivity contribution >= 4 is 0 Å². The van der Waals surface area contributed by atoms with Gasteiger partial charge in [-0.2, -0.15) is 0 Å². The molecule has 2 rings (SSSR count). The molecule has 15 heavy (non-hydrogen) atoms. The highest BCUT2D eigenvalue weighted by Gasteiger charge is 2.19. The van der Waals surface area contributed by atoms with Gasteiger partial charge >= 0.3 is 0 Å².